The van der Waals surface area contributed by atoms with Crippen LogP contribution in [0.1, 0.15) is 149 Å². The number of nitrogens with zero attached hydrogens (tertiary/aromatic N) is 13. The Kier molecular flexibility index (Phi) is 31.6. The van der Waals surface area contributed by atoms with Gasteiger partial charge in [0.1, 0.15) is 34.2 Å². The van der Waals surface area contributed by atoms with Gasteiger partial charge in [0.2, 0.25) is 35.4 Å². The number of aliphatic hydroxyl groups is 6. The Morgan fingerprint density at radius 2 is 0.529 bits per heavy atom. The number of carbonyl (C=O) groups is 12. The van der Waals surface area contributed by atoms with Crippen molar-refractivity contribution in [2.24, 2.45) is 106 Å². The highest BCUT2D eigenvalue weighted by molar-refractivity contribution is 6.04. The molecule has 0 aromatic carbocycles. The number of fused-ring (bicyclic) bond motifs is 6. The number of aliphatic hydroxyl groups excluding tert-OH is 6. The van der Waals surface area contributed by atoms with E-state index >= 15 is 0 Å². The molecule has 754 valence electrons. The van der Waals surface area contributed by atoms with Crippen molar-refractivity contribution in [3.05, 3.63) is 79.9 Å². The molecule has 136 heavy (non-hydrogen) atoms. The van der Waals surface area contributed by atoms with Gasteiger partial charge in [0.05, 0.1) is 108 Å². The summed E-state index contributed by atoms with van der Waals surface area (Å²) in [5, 5.41) is 116. The summed E-state index contributed by atoms with van der Waals surface area (Å²) in [7, 11) is 4.12. The molecule has 14 N–H and O–H groups in total. The summed E-state index contributed by atoms with van der Waals surface area (Å²) in [5.74, 6) is -7.76. The van der Waals surface area contributed by atoms with Gasteiger partial charge in [-0.25, -0.2) is 28.8 Å². The number of β-lactam (4-membered cyclic amide) rings is 6. The van der Waals surface area contributed by atoms with Gasteiger partial charge in [0, 0.05) is 145 Å². The molecule has 38 heteroatoms. The second-order valence-corrected chi connectivity index (χ2v) is 43.0. The topological polar surface area (TPSA) is 516 Å². The third-order valence-corrected chi connectivity index (χ3v) is 33.1. The van der Waals surface area contributed by atoms with Crippen LogP contribution in [0.5, 0.6) is 0 Å². The third kappa shape index (κ3) is 19.2. The molecule has 6 amide bonds. The van der Waals surface area contributed by atoms with Crippen molar-refractivity contribution in [1.29, 1.82) is 0 Å². The Labute approximate surface area is 796 Å². The average Bonchev–Trinajstić information content (AvgIpc) is 1.58. The van der Waals surface area contributed by atoms with Gasteiger partial charge in [-0.3, -0.25) is 58.2 Å². The lowest BCUT2D eigenvalue weighted by Gasteiger charge is -2.46. The summed E-state index contributed by atoms with van der Waals surface area (Å²) in [6, 6.07) is -0.766. The average molecular weight is 1910 g/mol. The normalized spacial score (nSPS) is 34.9. The zero-order valence-corrected chi connectivity index (χ0v) is 82.2. The highest BCUT2D eigenvalue weighted by atomic mass is 16.4. The van der Waals surface area contributed by atoms with Crippen molar-refractivity contribution in [2.45, 2.75) is 228 Å². The van der Waals surface area contributed by atoms with Crippen molar-refractivity contribution in [1.82, 2.24) is 63.7 Å². The molecule has 0 aromatic rings. The number of rotatable bonds is 28. The minimum absolute atomic E-state index is 0.00990. The molecule has 0 bridgehead atoms. The number of hydrogen-bond donors (Lipinski definition) is 13. The second kappa shape index (κ2) is 41.1. The largest absolute Gasteiger partial charge is 0.477 e. The molecule has 0 radical (unpaired) electrons. The minimum atomic E-state index is -1.06. The monoisotopic (exact) mass is 1910 g/mol. The van der Waals surface area contributed by atoms with Crippen molar-refractivity contribution in [2.75, 3.05) is 132 Å². The van der Waals surface area contributed by atoms with Gasteiger partial charge >= 0.3 is 35.8 Å². The lowest BCUT2D eigenvalue weighted by atomic mass is 9.77. The van der Waals surface area contributed by atoms with Crippen LogP contribution in [-0.2, 0) is 57.5 Å². The lowest BCUT2D eigenvalue weighted by molar-refractivity contribution is -0.163. The van der Waals surface area contributed by atoms with Gasteiger partial charge in [-0.05, 0) is 170 Å². The van der Waals surface area contributed by atoms with Crippen LogP contribution in [0.25, 0.3) is 0 Å². The summed E-state index contributed by atoms with van der Waals surface area (Å²) in [6.45, 7) is 48.9. The molecule has 18 heterocycles. The van der Waals surface area contributed by atoms with Gasteiger partial charge in [0.25, 0.3) is 0 Å². The fourth-order valence-corrected chi connectivity index (χ4v) is 26.0. The van der Waals surface area contributed by atoms with Crippen molar-refractivity contribution < 1.29 is 119 Å². The van der Waals surface area contributed by atoms with E-state index in [1.54, 1.807) is 41.5 Å². The van der Waals surface area contributed by atoms with E-state index in [-0.39, 0.29) is 141 Å². The number of aliphatic carboxylic acids is 6. The Hall–Kier alpha value is -8.90. The van der Waals surface area contributed by atoms with Gasteiger partial charge in [0.15, 0.2) is 0 Å². The minimum Gasteiger partial charge on any atom is -0.477 e. The van der Waals surface area contributed by atoms with Crippen LogP contribution in [0.15, 0.2) is 79.9 Å². The summed E-state index contributed by atoms with van der Waals surface area (Å²) < 4.78 is 0. The van der Waals surface area contributed by atoms with Crippen molar-refractivity contribution in [3.8, 4) is 0 Å². The first-order chi connectivity index (χ1) is 63.8. The van der Waals surface area contributed by atoms with Gasteiger partial charge < -0.3 is 101 Å². The number of carboxylic acids is 6. The number of hydrogen-bond acceptors (Lipinski definition) is 26. The summed E-state index contributed by atoms with van der Waals surface area (Å²) in [6.07, 6.45) is 1.84. The fourth-order valence-electron chi connectivity index (χ4n) is 26.0. The number of likely N-dealkylation sites (tertiary alicyclic amines) is 6. The van der Waals surface area contributed by atoms with Crippen LogP contribution < -0.4 is 5.73 Å². The van der Waals surface area contributed by atoms with Crippen LogP contribution in [0.4, 0.5) is 0 Å². The number of likely N-dealkylation sites (N-methyl/N-ethyl adjacent to an activating group) is 1. The predicted molar refractivity (Wildman–Crippen MR) is 495 cm³/mol. The van der Waals surface area contributed by atoms with Crippen LogP contribution in [0.2, 0.25) is 0 Å². The van der Waals surface area contributed by atoms with Crippen molar-refractivity contribution >= 4 is 71.3 Å². The number of carboxylic acid groups (broad SMARTS) is 6. The van der Waals surface area contributed by atoms with Gasteiger partial charge in [-0.15, -0.1) is 0 Å². The molecule has 38 nitrogen and oxygen atoms in total. The Bertz CT molecular complexity index is 4810. The van der Waals surface area contributed by atoms with E-state index in [2.05, 4.69) is 82.7 Å². The molecule has 12 fully saturated rings. The summed E-state index contributed by atoms with van der Waals surface area (Å²) in [4.78, 5) is 168. The Balaban J connectivity index is 0.000000138. The smallest absolute Gasteiger partial charge is 0.352 e. The van der Waals surface area contributed by atoms with E-state index in [9.17, 15) is 119 Å². The highest BCUT2D eigenvalue weighted by Gasteiger charge is 2.66. The molecule has 12 saturated heterocycles. The molecule has 0 aromatic heterocycles. The van der Waals surface area contributed by atoms with Crippen LogP contribution in [0, 0.1) is 101 Å². The van der Waals surface area contributed by atoms with E-state index in [4.69, 9.17) is 5.73 Å². The Morgan fingerprint density at radius 1 is 0.324 bits per heavy atom. The second-order valence-electron chi connectivity index (χ2n) is 43.0. The molecule has 0 spiro atoms. The summed E-state index contributed by atoms with van der Waals surface area (Å²) in [5.41, 5.74) is 12.2. The molecule has 0 saturated carbocycles. The zero-order valence-electron chi connectivity index (χ0n) is 82.2. The quantitative estimate of drug-likeness (QED) is 0.0497. The van der Waals surface area contributed by atoms with Crippen LogP contribution in [-0.4, -0.2) is 407 Å². The van der Waals surface area contributed by atoms with E-state index in [1.165, 1.54) is 29.4 Å². The maximum Gasteiger partial charge on any atom is 0.352 e. The molecule has 18 aliphatic heterocycles. The maximum atomic E-state index is 12.3. The molecular weight excluding hydrogens is 1760 g/mol. The zero-order chi connectivity index (χ0) is 100. The lowest BCUT2D eigenvalue weighted by Crippen LogP contribution is -2.63. The molecule has 18 rings (SSSR count). The van der Waals surface area contributed by atoms with Crippen molar-refractivity contribution in [3.63, 3.8) is 0 Å². The number of nitrogens with two attached hydrogens (primary N) is 1. The first-order valence-electron chi connectivity index (χ1n) is 49.1. The van der Waals surface area contributed by atoms with Gasteiger partial charge in [-0.1, -0.05) is 82.2 Å². The summed E-state index contributed by atoms with van der Waals surface area (Å²) >= 11 is 0. The standard InChI is InChI=1S/C18H27N3O4.C17H27N3O4.C17H26N2O4.C16H24N2O4.2C15H22N2O4/c1-9(19)6-12-4-5-20(7-12)8-13-10(2)15-14(11(3)22)17(23)21(15)16(13)18(24)25;1-9-12(8-19-6-5-11(7-19)18(3)4)15(17(23)24)20-14(9)13(10(2)21)16(20)22;1-4-11-5-6-18(7-11)8-12-9(2)14-13(10(3)20)16(21)19(14)15(12)17(22)23;1-8-4-5-17(6-8)7-11-9(2)13-12(10(3)19)15(20)18(13)14(11)16(21)22;2*1-7-4-16(5-7)6-10-8(2)12-11(9(3)18)14(19)17(12)13(10)15(20)21/h10-12,14-15,22H,1,4-8,19H2,2-3H3,(H,24,25);9-11,13-14,21H,5-8H2,1-4H3,(H,23,24);9-11,13-14,20H,4-8H2,1-3H3,(H,22,23);8-10,12-13,19H,4-7H2,1-3H3,(H,21,22);2*7-9,11-12,18H,4-6H2,1-3H3,(H,20,21)/t10-,11+,12+,14?,15?;2*9-,10+,11-,13?,14?;8-,9-,10+,12?,13?;2*8-,9+,11?,12?/m000000/s1. The fraction of sp³-hybridized carbons (Fsp3) is 0.735. The van der Waals surface area contributed by atoms with E-state index in [0.717, 1.165) is 151 Å². The van der Waals surface area contributed by atoms with Gasteiger partial charge in [-0.2, -0.15) is 0 Å². The maximum absolute atomic E-state index is 12.3. The van der Waals surface area contributed by atoms with E-state index in [1.807, 2.05) is 41.5 Å². The third-order valence-electron chi connectivity index (χ3n) is 33.1. The Morgan fingerprint density at radius 3 is 0.721 bits per heavy atom. The molecule has 28 atom stereocenters. The molecule has 12 unspecified atom stereocenters. The van der Waals surface area contributed by atoms with E-state index < -0.39 is 108 Å². The molecule has 0 aliphatic carbocycles. The van der Waals surface area contributed by atoms with E-state index in [0.29, 0.717) is 80.6 Å². The first kappa shape index (κ1) is 104. The van der Waals surface area contributed by atoms with Crippen LogP contribution in [0.3, 0.4) is 0 Å². The number of carbonyl (C=O) groups excluding carboxylic acids is 6. The molecular formula is C98H148N14O24. The molecule has 18 aliphatic rings. The number of allylic oxidation sites excluding steroid dienone is 1. The highest BCUT2D eigenvalue weighted by Crippen LogP contribution is 2.55. The SMILES string of the molecule is C=C(N)C[C@H]1CCN(CC2=C(C(=O)O)N3C(=O)C([C@@H](C)O)C3[C@H]2C)C1.CC1CN(CC2=C(C(=O)O)N3C(=O)C([C@@H](C)O)C3[C@H]2C)C1.CC1CN(CC2=C(C(=O)O)N3C(=O)C([C@@H](C)O)C3[C@H]2C)C1.CC[C@H]1CCN(CC2=C(C(=O)O)N3C(=O)C([C@@H](C)O)C3[C@H]2C)C1.C[C@@H](O)C1C(=O)N2C(C(=O)O)=C(CN3CC[C@H](N(C)C)C3)[C@H](C)C12.C[C@H]1CCN(CC2=C(C(=O)O)N3C(=O)C([C@@H](C)O)C3[C@H]2C)C1. The van der Waals surface area contributed by atoms with Crippen LogP contribution >= 0.6 is 0 Å². The first-order valence-corrected chi connectivity index (χ1v) is 49.1. The number of amides is 6. The predicted octanol–water partition coefficient (Wildman–Crippen LogP) is 1.89.